The molecule has 0 bridgehead atoms. The van der Waals surface area contributed by atoms with E-state index >= 15 is 0 Å². The summed E-state index contributed by atoms with van der Waals surface area (Å²) < 4.78 is 1.42. The normalized spacial score (nSPS) is 10.2. The molecule has 4 heteroatoms. The van der Waals surface area contributed by atoms with Crippen molar-refractivity contribution in [3.05, 3.63) is 68.6 Å². The van der Waals surface area contributed by atoms with Gasteiger partial charge in [0.05, 0.1) is 6.42 Å². The van der Waals surface area contributed by atoms with Crippen molar-refractivity contribution in [1.82, 2.24) is 0 Å². The van der Waals surface area contributed by atoms with Crippen LogP contribution in [0, 0.1) is 0 Å². The molecule has 0 spiro atoms. The first-order valence-electron chi connectivity index (χ1n) is 5.65. The van der Waals surface area contributed by atoms with Crippen LogP contribution in [-0.2, 0) is 0 Å². The molecule has 0 aliphatic heterocycles. The van der Waals surface area contributed by atoms with Crippen molar-refractivity contribution in [2.45, 2.75) is 6.42 Å². The van der Waals surface area contributed by atoms with Gasteiger partial charge in [-0.1, -0.05) is 68.3 Å². The van der Waals surface area contributed by atoms with Crippen LogP contribution in [0.3, 0.4) is 0 Å². The summed E-state index contributed by atoms with van der Waals surface area (Å²) in [6.07, 6.45) is -0.134. The molecule has 2 aromatic rings. The predicted octanol–water partition coefficient (Wildman–Crippen LogP) is 4.67. The zero-order chi connectivity index (χ0) is 13.8. The Morgan fingerprint density at radius 3 is 1.47 bits per heavy atom. The number of benzene rings is 2. The van der Waals surface area contributed by atoms with E-state index in [1.807, 2.05) is 12.1 Å². The molecule has 0 fully saturated rings. The van der Waals surface area contributed by atoms with Crippen molar-refractivity contribution >= 4 is 43.4 Å². The lowest BCUT2D eigenvalue weighted by Gasteiger charge is -2.04. The van der Waals surface area contributed by atoms with Crippen LogP contribution in [0.25, 0.3) is 0 Å². The molecule has 19 heavy (non-hydrogen) atoms. The molecular weight excluding hydrogens is 372 g/mol. The predicted molar refractivity (Wildman–Crippen MR) is 81.6 cm³/mol. The highest BCUT2D eigenvalue weighted by Gasteiger charge is 2.17. The van der Waals surface area contributed by atoms with Crippen molar-refractivity contribution in [3.8, 4) is 0 Å². The van der Waals surface area contributed by atoms with E-state index in [-0.39, 0.29) is 18.0 Å². The summed E-state index contributed by atoms with van der Waals surface area (Å²) in [7, 11) is 0. The molecule has 96 valence electrons. The van der Waals surface area contributed by atoms with E-state index < -0.39 is 0 Å². The lowest BCUT2D eigenvalue weighted by molar-refractivity contribution is 0.0893. The Balaban J connectivity index is 2.19. The fourth-order valence-corrected chi connectivity index (χ4v) is 2.72. The summed E-state index contributed by atoms with van der Waals surface area (Å²) in [6, 6.07) is 14.2. The van der Waals surface area contributed by atoms with Crippen LogP contribution in [0.1, 0.15) is 27.1 Å². The molecule has 0 aromatic heterocycles. The standard InChI is InChI=1S/C15H10Br2O2/c16-12-7-3-1-5-10(12)14(18)9-15(19)11-6-2-4-8-13(11)17/h1-8H,9H2. The monoisotopic (exact) mass is 380 g/mol. The minimum atomic E-state index is -0.187. The SMILES string of the molecule is O=C(CC(=O)c1ccccc1Br)c1ccccc1Br. The van der Waals surface area contributed by atoms with Crippen LogP contribution in [0.2, 0.25) is 0 Å². The Kier molecular flexibility index (Phi) is 4.66. The third-order valence-corrected chi connectivity index (χ3v) is 4.05. The van der Waals surface area contributed by atoms with E-state index in [0.717, 1.165) is 0 Å². The van der Waals surface area contributed by atoms with E-state index in [4.69, 9.17) is 0 Å². The van der Waals surface area contributed by atoms with Gasteiger partial charge < -0.3 is 0 Å². The van der Waals surface area contributed by atoms with Gasteiger partial charge in [0.15, 0.2) is 11.6 Å². The van der Waals surface area contributed by atoms with E-state index in [1.54, 1.807) is 36.4 Å². The van der Waals surface area contributed by atoms with Crippen molar-refractivity contribution in [2.24, 2.45) is 0 Å². The molecule has 0 saturated heterocycles. The van der Waals surface area contributed by atoms with Gasteiger partial charge in [-0.25, -0.2) is 0 Å². The van der Waals surface area contributed by atoms with Gasteiger partial charge in [-0.3, -0.25) is 9.59 Å². The molecule has 2 aromatic carbocycles. The molecular formula is C15H10Br2O2. The van der Waals surface area contributed by atoms with Gasteiger partial charge in [-0.15, -0.1) is 0 Å². The van der Waals surface area contributed by atoms with Crippen LogP contribution >= 0.6 is 31.9 Å². The molecule has 2 rings (SSSR count). The molecule has 0 amide bonds. The zero-order valence-electron chi connectivity index (χ0n) is 9.90. The zero-order valence-corrected chi connectivity index (χ0v) is 13.1. The van der Waals surface area contributed by atoms with Gasteiger partial charge in [0.1, 0.15) is 0 Å². The lowest BCUT2D eigenvalue weighted by atomic mass is 10.0. The van der Waals surface area contributed by atoms with Crippen LogP contribution in [0.4, 0.5) is 0 Å². The number of ketones is 2. The number of carbonyl (C=O) groups excluding carboxylic acids is 2. The van der Waals surface area contributed by atoms with Gasteiger partial charge in [0.25, 0.3) is 0 Å². The first-order valence-corrected chi connectivity index (χ1v) is 7.23. The molecule has 0 saturated carbocycles. The van der Waals surface area contributed by atoms with Crippen molar-refractivity contribution in [1.29, 1.82) is 0 Å². The minimum absolute atomic E-state index is 0.134. The third-order valence-electron chi connectivity index (χ3n) is 2.67. The van der Waals surface area contributed by atoms with Gasteiger partial charge in [-0.2, -0.15) is 0 Å². The van der Waals surface area contributed by atoms with Gasteiger partial charge in [-0.05, 0) is 12.1 Å². The summed E-state index contributed by atoms with van der Waals surface area (Å²) in [5.41, 5.74) is 1.06. The molecule has 0 N–H and O–H groups in total. The average molecular weight is 382 g/mol. The number of rotatable bonds is 4. The lowest BCUT2D eigenvalue weighted by Crippen LogP contribution is -2.09. The molecule has 0 radical (unpaired) electrons. The number of hydrogen-bond acceptors (Lipinski definition) is 2. The summed E-state index contributed by atoms with van der Waals surface area (Å²) in [5.74, 6) is -0.374. The second-order valence-corrected chi connectivity index (χ2v) is 5.69. The second-order valence-electron chi connectivity index (χ2n) is 3.98. The fourth-order valence-electron chi connectivity index (χ4n) is 1.71. The highest BCUT2D eigenvalue weighted by atomic mass is 79.9. The Morgan fingerprint density at radius 2 is 1.11 bits per heavy atom. The molecule has 0 heterocycles. The van der Waals surface area contributed by atoms with E-state index in [1.165, 1.54) is 0 Å². The highest BCUT2D eigenvalue weighted by molar-refractivity contribution is 9.10. The van der Waals surface area contributed by atoms with Crippen molar-refractivity contribution < 1.29 is 9.59 Å². The minimum Gasteiger partial charge on any atom is -0.294 e. The maximum Gasteiger partial charge on any atom is 0.171 e. The Morgan fingerprint density at radius 1 is 0.737 bits per heavy atom. The quantitative estimate of drug-likeness (QED) is 0.569. The Hall–Kier alpha value is -1.26. The smallest absolute Gasteiger partial charge is 0.171 e. The largest absolute Gasteiger partial charge is 0.294 e. The fraction of sp³-hybridized carbons (Fsp3) is 0.0667. The maximum absolute atomic E-state index is 12.1. The summed E-state index contributed by atoms with van der Waals surface area (Å²) >= 11 is 6.63. The summed E-state index contributed by atoms with van der Waals surface area (Å²) in [6.45, 7) is 0. The maximum atomic E-state index is 12.1. The molecule has 2 nitrogen and oxygen atoms in total. The van der Waals surface area contributed by atoms with Crippen molar-refractivity contribution in [3.63, 3.8) is 0 Å². The third kappa shape index (κ3) is 3.39. The van der Waals surface area contributed by atoms with Crippen molar-refractivity contribution in [2.75, 3.05) is 0 Å². The number of carbonyl (C=O) groups is 2. The number of Topliss-reactive ketones (excluding diaryl/α,β-unsaturated/α-hetero) is 2. The summed E-state index contributed by atoms with van der Waals surface area (Å²) in [5, 5.41) is 0. The Labute approximate surface area is 128 Å². The van der Waals surface area contributed by atoms with Gasteiger partial charge in [0, 0.05) is 20.1 Å². The Bertz CT molecular complexity index is 580. The second kappa shape index (κ2) is 6.26. The van der Waals surface area contributed by atoms with Gasteiger partial charge >= 0.3 is 0 Å². The van der Waals surface area contributed by atoms with Crippen LogP contribution in [0.15, 0.2) is 57.5 Å². The number of halogens is 2. The van der Waals surface area contributed by atoms with E-state index in [0.29, 0.717) is 20.1 Å². The van der Waals surface area contributed by atoms with E-state index in [2.05, 4.69) is 31.9 Å². The van der Waals surface area contributed by atoms with Crippen LogP contribution in [-0.4, -0.2) is 11.6 Å². The van der Waals surface area contributed by atoms with E-state index in [9.17, 15) is 9.59 Å². The molecule has 0 unspecified atom stereocenters. The molecule has 0 aliphatic carbocycles. The highest BCUT2D eigenvalue weighted by Crippen LogP contribution is 2.21. The van der Waals surface area contributed by atoms with Crippen LogP contribution < -0.4 is 0 Å². The molecule has 0 aliphatic rings. The van der Waals surface area contributed by atoms with Gasteiger partial charge in [0.2, 0.25) is 0 Å². The van der Waals surface area contributed by atoms with Crippen LogP contribution in [0.5, 0.6) is 0 Å². The average Bonchev–Trinajstić information content (AvgIpc) is 2.39. The topological polar surface area (TPSA) is 34.1 Å². The summed E-state index contributed by atoms with van der Waals surface area (Å²) in [4.78, 5) is 24.2. The first kappa shape index (κ1) is 14.2. The number of hydrogen-bond donors (Lipinski definition) is 0. The molecule has 0 atom stereocenters. The first-order chi connectivity index (χ1) is 9.09.